The van der Waals surface area contributed by atoms with E-state index in [-0.39, 0.29) is 6.61 Å². The van der Waals surface area contributed by atoms with Crippen molar-refractivity contribution >= 4 is 29.1 Å². The van der Waals surface area contributed by atoms with E-state index in [1.807, 2.05) is 19.1 Å². The van der Waals surface area contributed by atoms with E-state index >= 15 is 0 Å². The Balaban J connectivity index is 2.44. The predicted octanol–water partition coefficient (Wildman–Crippen LogP) is 2.78. The molecule has 0 saturated heterocycles. The average Bonchev–Trinajstić information content (AvgIpc) is 2.21. The van der Waals surface area contributed by atoms with Crippen molar-refractivity contribution in [2.75, 3.05) is 18.1 Å². The van der Waals surface area contributed by atoms with E-state index in [1.54, 1.807) is 17.8 Å². The first-order valence-corrected chi connectivity index (χ1v) is 6.39. The van der Waals surface area contributed by atoms with Gasteiger partial charge in [0.25, 0.3) is 0 Å². The van der Waals surface area contributed by atoms with Crippen LogP contribution in [0.25, 0.3) is 0 Å². The molecule has 0 aliphatic rings. The number of benzene rings is 1. The van der Waals surface area contributed by atoms with E-state index in [2.05, 4.69) is 0 Å². The molecule has 1 rings (SSSR count). The third kappa shape index (κ3) is 4.33. The van der Waals surface area contributed by atoms with E-state index in [4.69, 9.17) is 22.4 Å². The molecule has 0 amide bonds. The highest BCUT2D eigenvalue weighted by molar-refractivity contribution is 7.98. The van der Waals surface area contributed by atoms with Gasteiger partial charge in [-0.2, -0.15) is 11.8 Å². The molecule has 1 aromatic carbocycles. The van der Waals surface area contributed by atoms with Crippen LogP contribution in [0, 0.1) is 5.92 Å². The summed E-state index contributed by atoms with van der Waals surface area (Å²) in [6.07, 6.45) is 0. The number of hydrogen-bond donors (Lipinski definition) is 2. The molecule has 0 spiro atoms. The van der Waals surface area contributed by atoms with Crippen LogP contribution in [-0.4, -0.2) is 17.5 Å². The third-order valence-electron chi connectivity index (χ3n) is 2.05. The first kappa shape index (κ1) is 12.7. The monoisotopic (exact) mass is 245 g/mol. The van der Waals surface area contributed by atoms with E-state index in [9.17, 15) is 0 Å². The number of aliphatic hydroxyl groups excluding tert-OH is 1. The van der Waals surface area contributed by atoms with Gasteiger partial charge in [0, 0.05) is 23.1 Å². The van der Waals surface area contributed by atoms with Crippen LogP contribution in [0.1, 0.15) is 12.5 Å². The molecular weight excluding hydrogens is 230 g/mol. The fourth-order valence-corrected chi connectivity index (χ4v) is 2.54. The quantitative estimate of drug-likeness (QED) is 0.785. The van der Waals surface area contributed by atoms with Crippen molar-refractivity contribution < 1.29 is 5.11 Å². The third-order valence-corrected chi connectivity index (χ3v) is 3.72. The summed E-state index contributed by atoms with van der Waals surface area (Å²) in [6, 6.07) is 5.58. The van der Waals surface area contributed by atoms with Crippen LogP contribution in [-0.2, 0) is 5.75 Å². The van der Waals surface area contributed by atoms with Crippen LogP contribution in [0.2, 0.25) is 5.02 Å². The minimum absolute atomic E-state index is 0.239. The maximum Gasteiger partial charge on any atom is 0.0466 e. The maximum atomic E-state index is 8.87. The Morgan fingerprint density at radius 3 is 2.87 bits per heavy atom. The van der Waals surface area contributed by atoms with Crippen molar-refractivity contribution in [3.05, 3.63) is 28.8 Å². The number of rotatable bonds is 5. The number of halogens is 1. The molecule has 3 N–H and O–H groups in total. The number of thioether (sulfide) groups is 1. The molecule has 0 bridgehead atoms. The number of anilines is 1. The number of hydrogen-bond acceptors (Lipinski definition) is 3. The van der Waals surface area contributed by atoms with Crippen LogP contribution < -0.4 is 5.73 Å². The number of aliphatic hydroxyl groups is 1. The van der Waals surface area contributed by atoms with Gasteiger partial charge in [0.2, 0.25) is 0 Å². The molecule has 1 atom stereocenters. The van der Waals surface area contributed by atoms with Gasteiger partial charge >= 0.3 is 0 Å². The van der Waals surface area contributed by atoms with Gasteiger partial charge in [-0.25, -0.2) is 0 Å². The first-order chi connectivity index (χ1) is 7.13. The topological polar surface area (TPSA) is 46.2 Å². The van der Waals surface area contributed by atoms with Crippen LogP contribution >= 0.6 is 23.4 Å². The van der Waals surface area contributed by atoms with E-state index in [0.29, 0.717) is 11.6 Å². The standard InChI is InChI=1S/C11H16ClNOS/c1-8(5-14)6-15-7-9-2-3-10(13)4-11(9)12/h2-4,8,14H,5-7,13H2,1H3. The van der Waals surface area contributed by atoms with Crippen molar-refractivity contribution in [2.24, 2.45) is 5.92 Å². The molecule has 0 saturated carbocycles. The van der Waals surface area contributed by atoms with Crippen molar-refractivity contribution in [3.63, 3.8) is 0 Å². The Morgan fingerprint density at radius 2 is 2.27 bits per heavy atom. The lowest BCUT2D eigenvalue weighted by molar-refractivity contribution is 0.250. The summed E-state index contributed by atoms with van der Waals surface area (Å²) in [5.41, 5.74) is 7.39. The summed E-state index contributed by atoms with van der Waals surface area (Å²) in [4.78, 5) is 0. The lowest BCUT2D eigenvalue weighted by atomic mass is 10.2. The van der Waals surface area contributed by atoms with Crippen molar-refractivity contribution in [3.8, 4) is 0 Å². The van der Waals surface area contributed by atoms with E-state index in [0.717, 1.165) is 22.1 Å². The second-order valence-electron chi connectivity index (χ2n) is 3.65. The lowest BCUT2D eigenvalue weighted by Gasteiger charge is -2.08. The van der Waals surface area contributed by atoms with Crippen LogP contribution in [0.15, 0.2) is 18.2 Å². The Bertz CT molecular complexity index is 319. The molecule has 0 aliphatic carbocycles. The summed E-state index contributed by atoms with van der Waals surface area (Å²) in [5, 5.41) is 9.59. The maximum absolute atomic E-state index is 8.87. The lowest BCUT2D eigenvalue weighted by Crippen LogP contribution is -2.03. The first-order valence-electron chi connectivity index (χ1n) is 4.86. The molecule has 1 unspecified atom stereocenters. The van der Waals surface area contributed by atoms with Gasteiger partial charge < -0.3 is 10.8 Å². The minimum atomic E-state index is 0.239. The molecule has 4 heteroatoms. The largest absolute Gasteiger partial charge is 0.399 e. The van der Waals surface area contributed by atoms with Gasteiger partial charge in [0.15, 0.2) is 0 Å². The predicted molar refractivity (Wildman–Crippen MR) is 68.3 cm³/mol. The second kappa shape index (κ2) is 6.26. The molecule has 2 nitrogen and oxygen atoms in total. The van der Waals surface area contributed by atoms with Crippen molar-refractivity contribution in [2.45, 2.75) is 12.7 Å². The Hall–Kier alpha value is -0.380. The normalized spacial score (nSPS) is 12.7. The molecular formula is C11H16ClNOS. The zero-order valence-electron chi connectivity index (χ0n) is 8.74. The Labute approximate surface area is 99.8 Å². The van der Waals surface area contributed by atoms with Crippen LogP contribution in [0.4, 0.5) is 5.69 Å². The molecule has 15 heavy (non-hydrogen) atoms. The highest BCUT2D eigenvalue weighted by Crippen LogP contribution is 2.24. The van der Waals surface area contributed by atoms with Gasteiger partial charge in [0.05, 0.1) is 0 Å². The van der Waals surface area contributed by atoms with Gasteiger partial charge in [-0.05, 0) is 29.4 Å². The zero-order chi connectivity index (χ0) is 11.3. The Kier molecular flexibility index (Phi) is 5.29. The Morgan fingerprint density at radius 1 is 1.53 bits per heavy atom. The van der Waals surface area contributed by atoms with Gasteiger partial charge in [-0.15, -0.1) is 0 Å². The van der Waals surface area contributed by atoms with Crippen LogP contribution in [0.3, 0.4) is 0 Å². The number of nitrogens with two attached hydrogens (primary N) is 1. The van der Waals surface area contributed by atoms with Gasteiger partial charge in [-0.1, -0.05) is 24.6 Å². The molecule has 0 radical (unpaired) electrons. The van der Waals surface area contributed by atoms with Crippen molar-refractivity contribution in [1.29, 1.82) is 0 Å². The van der Waals surface area contributed by atoms with E-state index < -0.39 is 0 Å². The summed E-state index contributed by atoms with van der Waals surface area (Å²) in [6.45, 7) is 2.26. The highest BCUT2D eigenvalue weighted by Gasteiger charge is 2.03. The summed E-state index contributed by atoms with van der Waals surface area (Å²) in [7, 11) is 0. The van der Waals surface area contributed by atoms with Crippen molar-refractivity contribution in [1.82, 2.24) is 0 Å². The highest BCUT2D eigenvalue weighted by atomic mass is 35.5. The molecule has 0 heterocycles. The number of nitrogen functional groups attached to an aromatic ring is 1. The van der Waals surface area contributed by atoms with Gasteiger partial charge in [0.1, 0.15) is 0 Å². The molecule has 1 aromatic rings. The SMILES string of the molecule is CC(CO)CSCc1ccc(N)cc1Cl. The molecule has 84 valence electrons. The zero-order valence-corrected chi connectivity index (χ0v) is 10.3. The average molecular weight is 246 g/mol. The molecule has 0 fully saturated rings. The summed E-state index contributed by atoms with van der Waals surface area (Å²) >= 11 is 7.81. The summed E-state index contributed by atoms with van der Waals surface area (Å²) in [5.74, 6) is 2.14. The van der Waals surface area contributed by atoms with Crippen LogP contribution in [0.5, 0.6) is 0 Å². The fourth-order valence-electron chi connectivity index (χ4n) is 1.10. The fraction of sp³-hybridized carbons (Fsp3) is 0.455. The van der Waals surface area contributed by atoms with E-state index in [1.165, 1.54) is 0 Å². The second-order valence-corrected chi connectivity index (χ2v) is 5.09. The minimum Gasteiger partial charge on any atom is -0.399 e. The smallest absolute Gasteiger partial charge is 0.0466 e. The summed E-state index contributed by atoms with van der Waals surface area (Å²) < 4.78 is 0. The molecule has 0 aromatic heterocycles. The van der Waals surface area contributed by atoms with Gasteiger partial charge in [-0.3, -0.25) is 0 Å². The molecule has 0 aliphatic heterocycles.